The Labute approximate surface area is 239 Å². The lowest BCUT2D eigenvalue weighted by atomic mass is 9.90. The molecule has 0 aliphatic carbocycles. The number of rotatable bonds is 12. The van der Waals surface area contributed by atoms with Crippen LogP contribution in [0, 0.1) is 0 Å². The second kappa shape index (κ2) is 13.5. The molecule has 1 saturated heterocycles. The van der Waals surface area contributed by atoms with Gasteiger partial charge < -0.3 is 4.74 Å². The fraction of sp³-hybridized carbons (Fsp3) is 0.400. The molecule has 1 heterocycles. The van der Waals surface area contributed by atoms with Crippen molar-refractivity contribution in [2.45, 2.75) is 37.6 Å². The largest absolute Gasteiger partial charge is 0.417 e. The van der Waals surface area contributed by atoms with Crippen molar-refractivity contribution in [1.29, 1.82) is 0 Å². The van der Waals surface area contributed by atoms with Gasteiger partial charge in [-0.2, -0.15) is 17.5 Å². The Hall–Kier alpha value is -2.43. The molecule has 4 rings (SSSR count). The number of hydrogen-bond acceptors (Lipinski definition) is 4. The van der Waals surface area contributed by atoms with Gasteiger partial charge in [-0.25, -0.2) is 8.42 Å². The van der Waals surface area contributed by atoms with E-state index in [0.29, 0.717) is 51.2 Å². The van der Waals surface area contributed by atoms with Crippen LogP contribution in [-0.2, 0) is 27.5 Å². The smallest absolute Gasteiger partial charge is 0.377 e. The molecule has 5 nitrogen and oxygen atoms in total. The van der Waals surface area contributed by atoms with Crippen molar-refractivity contribution in [2.24, 2.45) is 0 Å². The number of benzene rings is 3. The zero-order valence-electron chi connectivity index (χ0n) is 22.4. The highest BCUT2D eigenvalue weighted by Gasteiger charge is 2.34. The summed E-state index contributed by atoms with van der Waals surface area (Å²) in [4.78, 5) is 2.12. The van der Waals surface area contributed by atoms with E-state index < -0.39 is 21.8 Å². The monoisotopic (exact) mass is 594 g/mol. The van der Waals surface area contributed by atoms with E-state index in [0.717, 1.165) is 17.2 Å². The Kier molecular flexibility index (Phi) is 10.3. The molecule has 3 aromatic rings. The first-order valence-corrected chi connectivity index (χ1v) is 15.5. The van der Waals surface area contributed by atoms with Crippen LogP contribution in [-0.4, -0.2) is 62.8 Å². The second-order valence-electron chi connectivity index (χ2n) is 10.1. The highest BCUT2D eigenvalue weighted by molar-refractivity contribution is 7.88. The molecule has 1 fully saturated rings. The molecule has 0 amide bonds. The van der Waals surface area contributed by atoms with Gasteiger partial charge in [0.2, 0.25) is 10.0 Å². The third-order valence-corrected chi connectivity index (χ3v) is 8.89. The van der Waals surface area contributed by atoms with Crippen molar-refractivity contribution in [2.75, 3.05) is 39.0 Å². The van der Waals surface area contributed by atoms with Gasteiger partial charge in [-0.3, -0.25) is 4.90 Å². The second-order valence-corrected chi connectivity index (χ2v) is 12.5. The summed E-state index contributed by atoms with van der Waals surface area (Å²) in [6.45, 7) is 2.56. The molecule has 0 N–H and O–H groups in total. The average Bonchev–Trinajstić information content (AvgIpc) is 3.41. The summed E-state index contributed by atoms with van der Waals surface area (Å²) in [5.41, 5.74) is 1.79. The van der Waals surface area contributed by atoms with E-state index >= 15 is 0 Å². The number of hydrogen-bond donors (Lipinski definition) is 0. The van der Waals surface area contributed by atoms with Gasteiger partial charge in [0.25, 0.3) is 0 Å². The summed E-state index contributed by atoms with van der Waals surface area (Å²) in [5.74, 6) is -0.00829. The maximum atomic E-state index is 13.6. The molecule has 0 bridgehead atoms. The first-order chi connectivity index (χ1) is 19.0. The molecule has 0 radical (unpaired) electrons. The predicted octanol–water partition coefficient (Wildman–Crippen LogP) is 6.43. The maximum Gasteiger partial charge on any atom is 0.417 e. The molecule has 1 unspecified atom stereocenters. The Balaban J connectivity index is 1.51. The van der Waals surface area contributed by atoms with E-state index in [-0.39, 0.29) is 23.6 Å². The molecular formula is C30H34ClF3N2O3S. The van der Waals surface area contributed by atoms with E-state index in [4.69, 9.17) is 16.3 Å². The Morgan fingerprint density at radius 1 is 1.00 bits per heavy atom. The third kappa shape index (κ3) is 8.30. The number of sulfonamides is 1. The first-order valence-electron chi connectivity index (χ1n) is 13.3. The van der Waals surface area contributed by atoms with E-state index in [1.165, 1.54) is 16.6 Å². The minimum atomic E-state index is -4.54. The van der Waals surface area contributed by atoms with Crippen LogP contribution in [0.15, 0.2) is 78.9 Å². The molecule has 1 atom stereocenters. The fourth-order valence-corrected chi connectivity index (χ4v) is 6.27. The highest BCUT2D eigenvalue weighted by Crippen LogP contribution is 2.37. The molecule has 0 spiro atoms. The van der Waals surface area contributed by atoms with Crippen molar-refractivity contribution < 1.29 is 26.3 Å². The predicted molar refractivity (Wildman–Crippen MR) is 152 cm³/mol. The Morgan fingerprint density at radius 3 is 2.17 bits per heavy atom. The Bertz CT molecular complexity index is 1300. The van der Waals surface area contributed by atoms with Crippen molar-refractivity contribution in [3.8, 4) is 0 Å². The van der Waals surface area contributed by atoms with Gasteiger partial charge in [-0.1, -0.05) is 84.4 Å². The minimum absolute atomic E-state index is 0.00829. The molecule has 40 heavy (non-hydrogen) atoms. The van der Waals surface area contributed by atoms with Crippen molar-refractivity contribution in [3.63, 3.8) is 0 Å². The van der Waals surface area contributed by atoms with Crippen LogP contribution in [0.1, 0.15) is 41.0 Å². The van der Waals surface area contributed by atoms with Gasteiger partial charge in [0.05, 0.1) is 22.9 Å². The van der Waals surface area contributed by atoms with E-state index in [1.807, 2.05) is 36.4 Å². The quantitative estimate of drug-likeness (QED) is 0.227. The van der Waals surface area contributed by atoms with Gasteiger partial charge in [0.1, 0.15) is 0 Å². The van der Waals surface area contributed by atoms with E-state index in [2.05, 4.69) is 29.2 Å². The summed E-state index contributed by atoms with van der Waals surface area (Å²) < 4.78 is 71.7. The normalized spacial score (nSPS) is 16.7. The van der Waals surface area contributed by atoms with Crippen LogP contribution in [0.2, 0.25) is 5.02 Å². The SMILES string of the molecule is CS(=O)(=O)N1CCC(OCCCN(Cc2cccc(C(F)(F)F)c2Cl)CC(c2ccccc2)c2ccccc2)C1. The summed E-state index contributed by atoms with van der Waals surface area (Å²) in [6.07, 6.45) is -2.24. The van der Waals surface area contributed by atoms with Crippen LogP contribution in [0.25, 0.3) is 0 Å². The van der Waals surface area contributed by atoms with Gasteiger partial charge >= 0.3 is 6.18 Å². The van der Waals surface area contributed by atoms with Crippen molar-refractivity contribution in [3.05, 3.63) is 106 Å². The lowest BCUT2D eigenvalue weighted by Gasteiger charge is -2.29. The van der Waals surface area contributed by atoms with Gasteiger partial charge in [0.15, 0.2) is 0 Å². The topological polar surface area (TPSA) is 49.9 Å². The number of alkyl halides is 3. The Morgan fingerprint density at radius 2 is 1.62 bits per heavy atom. The van der Waals surface area contributed by atoms with Crippen LogP contribution < -0.4 is 0 Å². The summed E-state index contributed by atoms with van der Waals surface area (Å²) in [5, 5.41) is -0.279. The van der Waals surface area contributed by atoms with Crippen LogP contribution in [0.4, 0.5) is 13.2 Å². The van der Waals surface area contributed by atoms with E-state index in [1.54, 1.807) is 6.07 Å². The number of ether oxygens (including phenoxy) is 1. The molecule has 0 aromatic heterocycles. The molecule has 0 saturated carbocycles. The number of nitrogens with zero attached hydrogens (tertiary/aromatic N) is 2. The molecule has 3 aromatic carbocycles. The molecule has 216 valence electrons. The maximum absolute atomic E-state index is 13.6. The van der Waals surface area contributed by atoms with Gasteiger partial charge in [-0.05, 0) is 35.6 Å². The summed E-state index contributed by atoms with van der Waals surface area (Å²) in [7, 11) is -3.25. The van der Waals surface area contributed by atoms with Crippen molar-refractivity contribution >= 4 is 21.6 Å². The molecule has 10 heteroatoms. The van der Waals surface area contributed by atoms with Crippen LogP contribution in [0.5, 0.6) is 0 Å². The minimum Gasteiger partial charge on any atom is -0.377 e. The zero-order chi connectivity index (χ0) is 28.8. The lowest BCUT2D eigenvalue weighted by Crippen LogP contribution is -2.31. The third-order valence-electron chi connectivity index (χ3n) is 7.17. The van der Waals surface area contributed by atoms with Crippen LogP contribution in [0.3, 0.4) is 0 Å². The average molecular weight is 595 g/mol. The standard InChI is InChI=1S/C30H34ClF3N2O3S/c1-40(37,38)36-18-16-26(21-36)39-19-9-17-35(20-25-14-8-15-28(29(25)31)30(32,33)34)22-27(23-10-4-2-5-11-23)24-12-6-3-7-13-24/h2-8,10-15,26-27H,9,16-22H2,1H3. The molecule has 1 aliphatic heterocycles. The molecule has 1 aliphatic rings. The van der Waals surface area contributed by atoms with Crippen molar-refractivity contribution in [1.82, 2.24) is 9.21 Å². The van der Waals surface area contributed by atoms with Crippen LogP contribution >= 0.6 is 11.6 Å². The van der Waals surface area contributed by atoms with Gasteiger partial charge in [0, 0.05) is 45.2 Å². The van der Waals surface area contributed by atoms with Gasteiger partial charge in [-0.15, -0.1) is 0 Å². The zero-order valence-corrected chi connectivity index (χ0v) is 23.9. The summed E-state index contributed by atoms with van der Waals surface area (Å²) >= 11 is 6.28. The first kappa shape index (κ1) is 30.5. The number of halogens is 4. The summed E-state index contributed by atoms with van der Waals surface area (Å²) in [6, 6.07) is 24.1. The lowest BCUT2D eigenvalue weighted by molar-refractivity contribution is -0.137. The highest BCUT2D eigenvalue weighted by atomic mass is 35.5. The van der Waals surface area contributed by atoms with E-state index in [9.17, 15) is 21.6 Å². The molecular weight excluding hydrogens is 561 g/mol. The fourth-order valence-electron chi connectivity index (χ4n) is 5.10.